The van der Waals surface area contributed by atoms with Gasteiger partial charge in [0.1, 0.15) is 0 Å². The average Bonchev–Trinajstić information content (AvgIpc) is 2.64. The Morgan fingerprint density at radius 2 is 1.65 bits per heavy atom. The van der Waals surface area contributed by atoms with E-state index in [4.69, 9.17) is 0 Å². The molecule has 0 radical (unpaired) electrons. The number of nitrogens with one attached hydrogen (secondary N) is 2. The highest BCUT2D eigenvalue weighted by Crippen LogP contribution is 2.17. The SMILES string of the molecule is Cc1ccc(Nc2ncc(C(=O)NCc3ccccc3C)cn2)cc1C. The van der Waals surface area contributed by atoms with Crippen molar-refractivity contribution in [3.63, 3.8) is 0 Å². The van der Waals surface area contributed by atoms with Gasteiger partial charge in [0.05, 0.1) is 5.56 Å². The zero-order valence-electron chi connectivity index (χ0n) is 15.2. The third-order valence-electron chi connectivity index (χ3n) is 4.38. The highest BCUT2D eigenvalue weighted by molar-refractivity contribution is 5.93. The number of benzene rings is 2. The first kappa shape index (κ1) is 17.6. The molecule has 0 aliphatic rings. The fourth-order valence-electron chi connectivity index (χ4n) is 2.54. The maximum absolute atomic E-state index is 12.3. The summed E-state index contributed by atoms with van der Waals surface area (Å²) in [4.78, 5) is 20.7. The Hall–Kier alpha value is -3.21. The summed E-state index contributed by atoms with van der Waals surface area (Å²) in [6.07, 6.45) is 3.06. The van der Waals surface area contributed by atoms with Crippen LogP contribution < -0.4 is 10.6 Å². The van der Waals surface area contributed by atoms with Crippen LogP contribution in [0.15, 0.2) is 54.9 Å². The van der Waals surface area contributed by atoms with E-state index < -0.39 is 0 Å². The number of hydrogen-bond acceptors (Lipinski definition) is 4. The number of anilines is 2. The molecule has 26 heavy (non-hydrogen) atoms. The Morgan fingerprint density at radius 3 is 2.35 bits per heavy atom. The van der Waals surface area contributed by atoms with E-state index in [1.165, 1.54) is 23.5 Å². The van der Waals surface area contributed by atoms with Crippen LogP contribution in [0.1, 0.15) is 32.6 Å². The second-order valence-electron chi connectivity index (χ2n) is 6.33. The quantitative estimate of drug-likeness (QED) is 0.731. The maximum Gasteiger partial charge on any atom is 0.254 e. The summed E-state index contributed by atoms with van der Waals surface area (Å²) in [7, 11) is 0. The minimum atomic E-state index is -0.189. The predicted molar refractivity (Wildman–Crippen MR) is 104 cm³/mol. The molecular weight excluding hydrogens is 324 g/mol. The van der Waals surface area contributed by atoms with Gasteiger partial charge < -0.3 is 10.6 Å². The number of carbonyl (C=O) groups excluding carboxylic acids is 1. The van der Waals surface area contributed by atoms with Crippen LogP contribution in [0.4, 0.5) is 11.6 Å². The van der Waals surface area contributed by atoms with Gasteiger partial charge in [-0.1, -0.05) is 30.3 Å². The topological polar surface area (TPSA) is 66.9 Å². The number of rotatable bonds is 5. The number of aryl methyl sites for hydroxylation is 3. The average molecular weight is 346 g/mol. The monoisotopic (exact) mass is 346 g/mol. The van der Waals surface area contributed by atoms with Crippen LogP contribution in [0.2, 0.25) is 0 Å². The number of hydrogen-bond donors (Lipinski definition) is 2. The van der Waals surface area contributed by atoms with Crippen molar-refractivity contribution in [3.8, 4) is 0 Å². The molecule has 1 heterocycles. The van der Waals surface area contributed by atoms with Crippen molar-refractivity contribution in [3.05, 3.63) is 82.7 Å². The van der Waals surface area contributed by atoms with Gasteiger partial charge in [-0.3, -0.25) is 4.79 Å². The van der Waals surface area contributed by atoms with E-state index >= 15 is 0 Å². The minimum Gasteiger partial charge on any atom is -0.348 e. The standard InChI is InChI=1S/C21H22N4O/c1-14-8-9-19(10-16(14)3)25-21-23-12-18(13-24-21)20(26)22-11-17-7-5-4-6-15(17)2/h4-10,12-13H,11H2,1-3H3,(H,22,26)(H,23,24,25). The highest BCUT2D eigenvalue weighted by Gasteiger charge is 2.08. The zero-order valence-corrected chi connectivity index (χ0v) is 15.2. The first-order valence-electron chi connectivity index (χ1n) is 8.52. The molecule has 1 aromatic heterocycles. The van der Waals surface area contributed by atoms with E-state index in [9.17, 15) is 4.79 Å². The van der Waals surface area contributed by atoms with E-state index in [-0.39, 0.29) is 5.91 Å². The Kier molecular flexibility index (Phi) is 5.27. The van der Waals surface area contributed by atoms with E-state index in [0.29, 0.717) is 18.1 Å². The molecule has 0 unspecified atom stereocenters. The van der Waals surface area contributed by atoms with Crippen molar-refractivity contribution in [2.75, 3.05) is 5.32 Å². The fraction of sp³-hybridized carbons (Fsp3) is 0.190. The third-order valence-corrected chi connectivity index (χ3v) is 4.38. The number of aromatic nitrogens is 2. The van der Waals surface area contributed by atoms with Gasteiger partial charge in [-0.2, -0.15) is 0 Å². The Bertz CT molecular complexity index is 920. The van der Waals surface area contributed by atoms with E-state index in [0.717, 1.165) is 16.8 Å². The molecule has 5 heteroatoms. The predicted octanol–water partition coefficient (Wildman–Crippen LogP) is 4.08. The molecule has 1 amide bonds. The molecule has 0 fully saturated rings. The van der Waals surface area contributed by atoms with Crippen LogP contribution in [-0.2, 0) is 6.54 Å². The fourth-order valence-corrected chi connectivity index (χ4v) is 2.54. The van der Waals surface area contributed by atoms with Crippen molar-refractivity contribution in [2.45, 2.75) is 27.3 Å². The van der Waals surface area contributed by atoms with Crippen molar-refractivity contribution < 1.29 is 4.79 Å². The summed E-state index contributed by atoms with van der Waals surface area (Å²) in [5.74, 6) is 0.273. The lowest BCUT2D eigenvalue weighted by Gasteiger charge is -2.09. The first-order valence-corrected chi connectivity index (χ1v) is 8.52. The second-order valence-corrected chi connectivity index (χ2v) is 6.33. The first-order chi connectivity index (χ1) is 12.5. The molecule has 2 N–H and O–H groups in total. The van der Waals surface area contributed by atoms with Crippen molar-refractivity contribution in [1.82, 2.24) is 15.3 Å². The molecule has 3 rings (SSSR count). The van der Waals surface area contributed by atoms with Crippen LogP contribution in [0.3, 0.4) is 0 Å². The van der Waals surface area contributed by atoms with Crippen molar-refractivity contribution in [1.29, 1.82) is 0 Å². The molecule has 0 aliphatic heterocycles. The van der Waals surface area contributed by atoms with Gasteiger partial charge in [-0.25, -0.2) is 9.97 Å². The van der Waals surface area contributed by atoms with Gasteiger partial charge >= 0.3 is 0 Å². The summed E-state index contributed by atoms with van der Waals surface area (Å²) in [5.41, 5.74) is 6.03. The molecule has 5 nitrogen and oxygen atoms in total. The molecule has 3 aromatic rings. The largest absolute Gasteiger partial charge is 0.348 e. The maximum atomic E-state index is 12.3. The molecule has 0 spiro atoms. The molecule has 0 saturated heterocycles. The number of amides is 1. The lowest BCUT2D eigenvalue weighted by molar-refractivity contribution is 0.0950. The molecule has 0 bridgehead atoms. The third kappa shape index (κ3) is 4.25. The van der Waals surface area contributed by atoms with Crippen molar-refractivity contribution in [2.24, 2.45) is 0 Å². The Balaban J connectivity index is 1.62. The lowest BCUT2D eigenvalue weighted by atomic mass is 10.1. The van der Waals surface area contributed by atoms with Gasteiger partial charge in [0.25, 0.3) is 5.91 Å². The molecular formula is C21H22N4O. The summed E-state index contributed by atoms with van der Waals surface area (Å²) < 4.78 is 0. The van der Waals surface area contributed by atoms with E-state index in [2.05, 4.69) is 34.4 Å². The summed E-state index contributed by atoms with van der Waals surface area (Å²) in [5, 5.41) is 6.05. The molecule has 0 aliphatic carbocycles. The number of carbonyl (C=O) groups is 1. The van der Waals surface area contributed by atoms with Gasteiger partial charge in [0, 0.05) is 24.6 Å². The summed E-state index contributed by atoms with van der Waals surface area (Å²) in [6, 6.07) is 14.0. The lowest BCUT2D eigenvalue weighted by Crippen LogP contribution is -2.23. The van der Waals surface area contributed by atoms with Crippen LogP contribution in [0.25, 0.3) is 0 Å². The van der Waals surface area contributed by atoms with Crippen LogP contribution >= 0.6 is 0 Å². The molecule has 132 valence electrons. The highest BCUT2D eigenvalue weighted by atomic mass is 16.1. The van der Waals surface area contributed by atoms with Gasteiger partial charge in [-0.15, -0.1) is 0 Å². The number of nitrogens with zero attached hydrogens (tertiary/aromatic N) is 2. The summed E-state index contributed by atoms with van der Waals surface area (Å²) >= 11 is 0. The van der Waals surface area contributed by atoms with Crippen LogP contribution in [-0.4, -0.2) is 15.9 Å². The van der Waals surface area contributed by atoms with Crippen molar-refractivity contribution >= 4 is 17.5 Å². The van der Waals surface area contributed by atoms with E-state index in [1.807, 2.05) is 49.4 Å². The van der Waals surface area contributed by atoms with Crippen LogP contribution in [0, 0.1) is 20.8 Å². The molecule has 2 aromatic carbocycles. The molecule has 0 atom stereocenters. The molecule has 0 saturated carbocycles. The Labute approximate surface area is 153 Å². The van der Waals surface area contributed by atoms with Crippen LogP contribution in [0.5, 0.6) is 0 Å². The van der Waals surface area contributed by atoms with E-state index in [1.54, 1.807) is 0 Å². The van der Waals surface area contributed by atoms with Gasteiger partial charge in [-0.05, 0) is 55.2 Å². The summed E-state index contributed by atoms with van der Waals surface area (Å²) in [6.45, 7) is 6.63. The minimum absolute atomic E-state index is 0.189. The normalized spacial score (nSPS) is 10.4. The van der Waals surface area contributed by atoms with Gasteiger partial charge in [0.15, 0.2) is 0 Å². The Morgan fingerprint density at radius 1 is 0.923 bits per heavy atom. The second kappa shape index (κ2) is 7.78. The van der Waals surface area contributed by atoms with Gasteiger partial charge in [0.2, 0.25) is 5.95 Å². The smallest absolute Gasteiger partial charge is 0.254 e. The zero-order chi connectivity index (χ0) is 18.5.